The summed E-state index contributed by atoms with van der Waals surface area (Å²) >= 11 is 1.38. The van der Waals surface area contributed by atoms with Gasteiger partial charge in [-0.1, -0.05) is 6.92 Å². The Kier molecular flexibility index (Phi) is 4.42. The predicted octanol–water partition coefficient (Wildman–Crippen LogP) is 2.59. The van der Waals surface area contributed by atoms with Crippen LogP contribution in [0.1, 0.15) is 40.0 Å². The monoisotopic (exact) mass is 244 g/mol. The maximum Gasteiger partial charge on any atom is 0.313 e. The van der Waals surface area contributed by atoms with E-state index in [9.17, 15) is 9.59 Å². The van der Waals surface area contributed by atoms with Gasteiger partial charge in [-0.15, -0.1) is 11.8 Å². The molecule has 0 heterocycles. The van der Waals surface area contributed by atoms with Gasteiger partial charge in [0.1, 0.15) is 5.78 Å². The van der Waals surface area contributed by atoms with Gasteiger partial charge in [0.15, 0.2) is 0 Å². The second-order valence-electron chi connectivity index (χ2n) is 5.19. The Bertz CT molecular complexity index is 286. The van der Waals surface area contributed by atoms with Crippen molar-refractivity contribution in [3.8, 4) is 0 Å². The van der Waals surface area contributed by atoms with E-state index in [1.807, 2.05) is 13.8 Å². The average molecular weight is 244 g/mol. The van der Waals surface area contributed by atoms with Gasteiger partial charge in [-0.05, 0) is 32.6 Å². The molecule has 0 aromatic carbocycles. The highest BCUT2D eigenvalue weighted by Crippen LogP contribution is 2.40. The van der Waals surface area contributed by atoms with Crippen LogP contribution in [0.5, 0.6) is 0 Å². The van der Waals surface area contributed by atoms with Gasteiger partial charge >= 0.3 is 5.97 Å². The zero-order valence-corrected chi connectivity index (χ0v) is 11.0. The molecule has 0 aromatic rings. The van der Waals surface area contributed by atoms with Gasteiger partial charge < -0.3 is 5.11 Å². The first-order chi connectivity index (χ1) is 7.33. The number of aliphatic carboxylic acids is 1. The van der Waals surface area contributed by atoms with Gasteiger partial charge in [0.25, 0.3) is 0 Å². The normalized spacial score (nSPS) is 26.8. The zero-order valence-electron chi connectivity index (χ0n) is 10.2. The number of ketones is 1. The second-order valence-corrected chi connectivity index (χ2v) is 6.82. The van der Waals surface area contributed by atoms with Crippen LogP contribution in [0, 0.1) is 11.8 Å². The fraction of sp³-hybridized carbons (Fsp3) is 0.833. The van der Waals surface area contributed by atoms with Crippen LogP contribution in [-0.2, 0) is 9.59 Å². The first kappa shape index (κ1) is 13.6. The fourth-order valence-corrected chi connectivity index (χ4v) is 3.23. The van der Waals surface area contributed by atoms with Crippen LogP contribution >= 0.6 is 11.8 Å². The molecule has 3 nitrogen and oxygen atoms in total. The quantitative estimate of drug-likeness (QED) is 0.826. The summed E-state index contributed by atoms with van der Waals surface area (Å²) in [5.41, 5.74) is 0. The summed E-state index contributed by atoms with van der Waals surface area (Å²) in [5, 5.41) is 8.68. The summed E-state index contributed by atoms with van der Waals surface area (Å²) in [6.45, 7) is 6.07. The summed E-state index contributed by atoms with van der Waals surface area (Å²) in [4.78, 5) is 22.5. The number of carboxylic acids is 1. The molecule has 0 bridgehead atoms. The lowest BCUT2D eigenvalue weighted by Gasteiger charge is -2.36. The molecule has 1 fully saturated rings. The number of carbonyl (C=O) groups is 2. The Hall–Kier alpha value is -0.510. The molecule has 2 atom stereocenters. The van der Waals surface area contributed by atoms with E-state index in [1.165, 1.54) is 11.8 Å². The third-order valence-electron chi connectivity index (χ3n) is 3.29. The van der Waals surface area contributed by atoms with Crippen molar-refractivity contribution in [1.82, 2.24) is 0 Å². The summed E-state index contributed by atoms with van der Waals surface area (Å²) < 4.78 is -0.254. The van der Waals surface area contributed by atoms with E-state index in [1.54, 1.807) is 0 Å². The van der Waals surface area contributed by atoms with E-state index in [0.29, 0.717) is 18.1 Å². The van der Waals surface area contributed by atoms with E-state index >= 15 is 0 Å². The van der Waals surface area contributed by atoms with E-state index in [0.717, 1.165) is 12.8 Å². The van der Waals surface area contributed by atoms with Crippen LogP contribution in [0.4, 0.5) is 0 Å². The number of carboxylic acid groups (broad SMARTS) is 1. The van der Waals surface area contributed by atoms with Crippen LogP contribution in [0.3, 0.4) is 0 Å². The molecular weight excluding hydrogens is 224 g/mol. The molecule has 0 aliphatic heterocycles. The molecule has 1 saturated carbocycles. The molecule has 1 aliphatic carbocycles. The molecule has 0 spiro atoms. The number of hydrogen-bond acceptors (Lipinski definition) is 3. The number of hydrogen-bond donors (Lipinski definition) is 1. The summed E-state index contributed by atoms with van der Waals surface area (Å²) in [6.07, 6.45) is 2.63. The van der Waals surface area contributed by atoms with Crippen molar-refractivity contribution in [2.75, 3.05) is 5.75 Å². The van der Waals surface area contributed by atoms with Crippen molar-refractivity contribution in [2.24, 2.45) is 11.8 Å². The standard InChI is InChI=1S/C12H20O3S/c1-8-4-5-9(10(13)6-8)12(2,3)16-7-11(14)15/h8-9H,4-7H2,1-3H3,(H,14,15)/t8-,9-/m1/s1. The molecule has 0 aromatic heterocycles. The van der Waals surface area contributed by atoms with E-state index < -0.39 is 5.97 Å². The smallest absolute Gasteiger partial charge is 0.313 e. The number of thioether (sulfide) groups is 1. The van der Waals surface area contributed by atoms with Gasteiger partial charge in [0.2, 0.25) is 0 Å². The molecule has 0 saturated heterocycles. The lowest BCUT2D eigenvalue weighted by atomic mass is 9.76. The van der Waals surface area contributed by atoms with Crippen molar-refractivity contribution >= 4 is 23.5 Å². The van der Waals surface area contributed by atoms with Crippen LogP contribution in [-0.4, -0.2) is 27.4 Å². The van der Waals surface area contributed by atoms with Crippen molar-refractivity contribution in [3.63, 3.8) is 0 Å². The van der Waals surface area contributed by atoms with Crippen LogP contribution in [0.2, 0.25) is 0 Å². The number of rotatable bonds is 4. The van der Waals surface area contributed by atoms with Gasteiger partial charge in [-0.3, -0.25) is 9.59 Å². The van der Waals surface area contributed by atoms with Crippen LogP contribution in [0.15, 0.2) is 0 Å². The van der Waals surface area contributed by atoms with Crippen molar-refractivity contribution in [3.05, 3.63) is 0 Å². The Labute approximate surface area is 101 Å². The SMILES string of the molecule is C[C@@H]1CC[C@@H](C(C)(C)SCC(=O)O)C(=O)C1. The second kappa shape index (κ2) is 5.21. The highest BCUT2D eigenvalue weighted by Gasteiger charge is 2.38. The highest BCUT2D eigenvalue weighted by atomic mass is 32.2. The molecule has 1 rings (SSSR count). The number of carbonyl (C=O) groups excluding carboxylic acids is 1. The average Bonchev–Trinajstić information content (AvgIpc) is 2.14. The summed E-state index contributed by atoms with van der Waals surface area (Å²) in [5.74, 6) is 0.0835. The van der Waals surface area contributed by atoms with Crippen molar-refractivity contribution in [1.29, 1.82) is 0 Å². The van der Waals surface area contributed by atoms with E-state index in [2.05, 4.69) is 6.92 Å². The molecular formula is C12H20O3S. The third-order valence-corrected chi connectivity index (χ3v) is 4.71. The van der Waals surface area contributed by atoms with Crippen molar-refractivity contribution in [2.45, 2.75) is 44.8 Å². The van der Waals surface area contributed by atoms with E-state index in [-0.39, 0.29) is 16.4 Å². The van der Waals surface area contributed by atoms with E-state index in [4.69, 9.17) is 5.11 Å². The minimum absolute atomic E-state index is 0.0213. The predicted molar refractivity (Wildman–Crippen MR) is 65.7 cm³/mol. The molecule has 0 unspecified atom stereocenters. The van der Waals surface area contributed by atoms with Gasteiger partial charge in [0.05, 0.1) is 5.75 Å². The zero-order chi connectivity index (χ0) is 12.3. The summed E-state index contributed by atoms with van der Waals surface area (Å²) in [6, 6.07) is 0. The largest absolute Gasteiger partial charge is 0.481 e. The van der Waals surface area contributed by atoms with Crippen LogP contribution in [0.25, 0.3) is 0 Å². The fourth-order valence-electron chi connectivity index (χ4n) is 2.28. The maximum atomic E-state index is 11.9. The minimum Gasteiger partial charge on any atom is -0.481 e. The first-order valence-electron chi connectivity index (χ1n) is 5.71. The highest BCUT2D eigenvalue weighted by molar-refractivity contribution is 8.01. The molecule has 1 aliphatic rings. The molecule has 0 radical (unpaired) electrons. The molecule has 16 heavy (non-hydrogen) atoms. The minimum atomic E-state index is -0.810. The molecule has 0 amide bonds. The van der Waals surface area contributed by atoms with Gasteiger partial charge in [-0.25, -0.2) is 0 Å². The Morgan fingerprint density at radius 3 is 2.62 bits per heavy atom. The van der Waals surface area contributed by atoms with Gasteiger partial charge in [0, 0.05) is 17.1 Å². The topological polar surface area (TPSA) is 54.4 Å². The van der Waals surface area contributed by atoms with Crippen molar-refractivity contribution < 1.29 is 14.7 Å². The first-order valence-corrected chi connectivity index (χ1v) is 6.70. The Morgan fingerprint density at radius 2 is 2.12 bits per heavy atom. The summed E-state index contributed by atoms with van der Waals surface area (Å²) in [7, 11) is 0. The Morgan fingerprint density at radius 1 is 1.50 bits per heavy atom. The molecule has 4 heteroatoms. The molecule has 1 N–H and O–H groups in total. The lowest BCUT2D eigenvalue weighted by Crippen LogP contribution is -2.38. The van der Waals surface area contributed by atoms with Gasteiger partial charge in [-0.2, -0.15) is 0 Å². The third kappa shape index (κ3) is 3.51. The maximum absolute atomic E-state index is 11.9. The lowest BCUT2D eigenvalue weighted by molar-refractivity contribution is -0.134. The van der Waals surface area contributed by atoms with Crippen LogP contribution < -0.4 is 0 Å². The number of Topliss-reactive ketones (excluding diaryl/α,β-unsaturated/α-hetero) is 1. The Balaban J connectivity index is 2.60. The molecule has 92 valence electrons.